The zero-order valence-electron chi connectivity index (χ0n) is 7.93. The minimum Gasteiger partial charge on any atom is -0.490 e. The van der Waals surface area contributed by atoms with E-state index in [4.69, 9.17) is 9.84 Å². The summed E-state index contributed by atoms with van der Waals surface area (Å²) in [6, 6.07) is 0. The summed E-state index contributed by atoms with van der Waals surface area (Å²) in [5.41, 5.74) is 0. The van der Waals surface area contributed by atoms with Crippen molar-refractivity contribution in [1.82, 2.24) is 9.97 Å². The Balaban J connectivity index is 2.25. The summed E-state index contributed by atoms with van der Waals surface area (Å²) in [5, 5.41) is 8.37. The van der Waals surface area contributed by atoms with Gasteiger partial charge in [-0.1, -0.05) is 0 Å². The van der Waals surface area contributed by atoms with E-state index >= 15 is 0 Å². The summed E-state index contributed by atoms with van der Waals surface area (Å²) in [7, 11) is 0. The Kier molecular flexibility index (Phi) is 3.84. The lowest BCUT2D eigenvalue weighted by Crippen LogP contribution is -2.02. The van der Waals surface area contributed by atoms with Gasteiger partial charge in [-0.3, -0.25) is 4.79 Å². The van der Waals surface area contributed by atoms with Crippen LogP contribution in [0.4, 0.5) is 0 Å². The second kappa shape index (κ2) is 5.16. The van der Waals surface area contributed by atoms with Crippen molar-refractivity contribution in [2.75, 3.05) is 6.61 Å². The van der Waals surface area contributed by atoms with E-state index in [9.17, 15) is 4.79 Å². The van der Waals surface area contributed by atoms with Crippen molar-refractivity contribution >= 4 is 5.97 Å². The van der Waals surface area contributed by atoms with Crippen molar-refractivity contribution < 1.29 is 14.6 Å². The third-order valence-corrected chi connectivity index (χ3v) is 1.56. The summed E-state index contributed by atoms with van der Waals surface area (Å²) in [5.74, 6) is 0.442. The molecule has 5 heteroatoms. The highest BCUT2D eigenvalue weighted by atomic mass is 16.5. The molecule has 76 valence electrons. The normalized spacial score (nSPS) is 9.79. The number of rotatable bonds is 5. The van der Waals surface area contributed by atoms with Crippen molar-refractivity contribution in [1.29, 1.82) is 0 Å². The minimum absolute atomic E-state index is 0.118. The lowest BCUT2D eigenvalue weighted by atomic mass is 10.3. The average molecular weight is 196 g/mol. The Morgan fingerprint density at radius 2 is 2.14 bits per heavy atom. The number of carbonyl (C=O) groups is 1. The van der Waals surface area contributed by atoms with Gasteiger partial charge in [-0.2, -0.15) is 0 Å². The molecule has 0 fully saturated rings. The fourth-order valence-corrected chi connectivity index (χ4v) is 0.869. The van der Waals surface area contributed by atoms with Crippen LogP contribution in [-0.4, -0.2) is 27.7 Å². The molecule has 0 aliphatic rings. The lowest BCUT2D eigenvalue weighted by molar-refractivity contribution is -0.137. The lowest BCUT2D eigenvalue weighted by Gasteiger charge is -2.03. The first-order valence-corrected chi connectivity index (χ1v) is 4.32. The van der Waals surface area contributed by atoms with Crippen LogP contribution in [0.5, 0.6) is 5.75 Å². The van der Waals surface area contributed by atoms with E-state index in [1.54, 1.807) is 19.3 Å². The van der Waals surface area contributed by atoms with Crippen molar-refractivity contribution in [2.45, 2.75) is 19.8 Å². The predicted octanol–water partition coefficient (Wildman–Crippen LogP) is 1.03. The smallest absolute Gasteiger partial charge is 0.303 e. The van der Waals surface area contributed by atoms with Gasteiger partial charge in [0.05, 0.1) is 19.0 Å². The van der Waals surface area contributed by atoms with Crippen LogP contribution >= 0.6 is 0 Å². The van der Waals surface area contributed by atoms with Crippen LogP contribution in [0.15, 0.2) is 12.4 Å². The summed E-state index contributed by atoms with van der Waals surface area (Å²) in [6.07, 6.45) is 3.75. The molecule has 1 heterocycles. The van der Waals surface area contributed by atoms with E-state index in [1.165, 1.54) is 0 Å². The Labute approximate surface area is 81.8 Å². The molecule has 0 bridgehead atoms. The van der Waals surface area contributed by atoms with Gasteiger partial charge in [0.25, 0.3) is 0 Å². The van der Waals surface area contributed by atoms with E-state index < -0.39 is 5.97 Å². The van der Waals surface area contributed by atoms with Crippen LogP contribution in [0, 0.1) is 6.92 Å². The highest BCUT2D eigenvalue weighted by Crippen LogP contribution is 2.06. The highest BCUT2D eigenvalue weighted by molar-refractivity contribution is 5.66. The largest absolute Gasteiger partial charge is 0.490 e. The van der Waals surface area contributed by atoms with Crippen molar-refractivity contribution in [3.8, 4) is 5.75 Å². The van der Waals surface area contributed by atoms with Crippen LogP contribution in [0.3, 0.4) is 0 Å². The van der Waals surface area contributed by atoms with E-state index in [2.05, 4.69) is 9.97 Å². The first-order chi connectivity index (χ1) is 6.68. The number of carboxylic acid groups (broad SMARTS) is 1. The number of ether oxygens (including phenoxy) is 1. The number of aliphatic carboxylic acids is 1. The molecule has 1 aromatic heterocycles. The van der Waals surface area contributed by atoms with Crippen molar-refractivity contribution in [2.24, 2.45) is 0 Å². The summed E-state index contributed by atoms with van der Waals surface area (Å²) in [4.78, 5) is 18.1. The predicted molar refractivity (Wildman–Crippen MR) is 49.1 cm³/mol. The molecule has 0 saturated heterocycles. The molecule has 0 aliphatic carbocycles. The maximum absolute atomic E-state index is 10.2. The Morgan fingerprint density at radius 3 is 2.71 bits per heavy atom. The second-order valence-corrected chi connectivity index (χ2v) is 2.81. The third-order valence-electron chi connectivity index (χ3n) is 1.56. The maximum atomic E-state index is 10.2. The molecule has 0 spiro atoms. The molecule has 1 N–H and O–H groups in total. The van der Waals surface area contributed by atoms with Crippen molar-refractivity contribution in [3.63, 3.8) is 0 Å². The van der Waals surface area contributed by atoms with Gasteiger partial charge in [0.1, 0.15) is 5.82 Å². The number of nitrogens with zero attached hydrogens (tertiary/aromatic N) is 2. The number of carboxylic acids is 1. The molecule has 0 aliphatic heterocycles. The van der Waals surface area contributed by atoms with Gasteiger partial charge in [0.15, 0.2) is 5.75 Å². The van der Waals surface area contributed by atoms with Gasteiger partial charge in [0.2, 0.25) is 0 Å². The van der Waals surface area contributed by atoms with E-state index in [0.717, 1.165) is 0 Å². The van der Waals surface area contributed by atoms with E-state index in [1.807, 2.05) is 0 Å². The zero-order valence-corrected chi connectivity index (χ0v) is 7.93. The zero-order chi connectivity index (χ0) is 10.4. The minimum atomic E-state index is -0.811. The monoisotopic (exact) mass is 196 g/mol. The van der Waals surface area contributed by atoms with Gasteiger partial charge in [-0.15, -0.1) is 0 Å². The van der Waals surface area contributed by atoms with Gasteiger partial charge in [-0.25, -0.2) is 9.97 Å². The first-order valence-electron chi connectivity index (χ1n) is 4.32. The Bertz CT molecular complexity index is 297. The molecule has 0 aromatic carbocycles. The van der Waals surface area contributed by atoms with E-state index in [0.29, 0.717) is 24.6 Å². The Hall–Kier alpha value is -1.65. The van der Waals surface area contributed by atoms with Crippen LogP contribution < -0.4 is 4.74 Å². The van der Waals surface area contributed by atoms with Gasteiger partial charge < -0.3 is 9.84 Å². The standard InChI is InChI=1S/C9H12N2O3/c1-7-10-5-8(6-11-7)14-4-2-3-9(12)13/h5-6H,2-4H2,1H3,(H,12,13). The van der Waals surface area contributed by atoms with Gasteiger partial charge in [-0.05, 0) is 13.3 Å². The molecule has 5 nitrogen and oxygen atoms in total. The molecule has 1 aromatic rings. The second-order valence-electron chi connectivity index (χ2n) is 2.81. The fraction of sp³-hybridized carbons (Fsp3) is 0.444. The van der Waals surface area contributed by atoms with E-state index in [-0.39, 0.29) is 6.42 Å². The topological polar surface area (TPSA) is 72.3 Å². The van der Waals surface area contributed by atoms with Crippen molar-refractivity contribution in [3.05, 3.63) is 18.2 Å². The number of hydrogen-bond acceptors (Lipinski definition) is 4. The summed E-state index contributed by atoms with van der Waals surface area (Å²) < 4.78 is 5.22. The number of aromatic nitrogens is 2. The van der Waals surface area contributed by atoms with Gasteiger partial charge in [0, 0.05) is 6.42 Å². The van der Waals surface area contributed by atoms with Crippen LogP contribution in [0.1, 0.15) is 18.7 Å². The molecule has 0 radical (unpaired) electrons. The molecule has 0 unspecified atom stereocenters. The molecule has 0 saturated carbocycles. The Morgan fingerprint density at radius 1 is 1.50 bits per heavy atom. The molecule has 0 atom stereocenters. The average Bonchev–Trinajstić information content (AvgIpc) is 2.15. The molecule has 1 rings (SSSR count). The third kappa shape index (κ3) is 3.84. The number of aryl methyl sites for hydroxylation is 1. The maximum Gasteiger partial charge on any atom is 0.303 e. The molecule has 0 amide bonds. The fourth-order valence-electron chi connectivity index (χ4n) is 0.869. The number of hydrogen-bond donors (Lipinski definition) is 1. The van der Waals surface area contributed by atoms with Crippen LogP contribution in [0.2, 0.25) is 0 Å². The van der Waals surface area contributed by atoms with Crippen LogP contribution in [-0.2, 0) is 4.79 Å². The molecular weight excluding hydrogens is 184 g/mol. The quantitative estimate of drug-likeness (QED) is 0.712. The molecule has 14 heavy (non-hydrogen) atoms. The highest BCUT2D eigenvalue weighted by Gasteiger charge is 1.98. The van der Waals surface area contributed by atoms with Gasteiger partial charge >= 0.3 is 5.97 Å². The first kappa shape index (κ1) is 10.4. The SMILES string of the molecule is Cc1ncc(OCCCC(=O)O)cn1. The molecular formula is C9H12N2O3. The summed E-state index contributed by atoms with van der Waals surface area (Å²) >= 11 is 0. The summed E-state index contributed by atoms with van der Waals surface area (Å²) in [6.45, 7) is 2.16. The van der Waals surface area contributed by atoms with Crippen LogP contribution in [0.25, 0.3) is 0 Å².